The molecular weight excluding hydrogens is 999 g/mol. The summed E-state index contributed by atoms with van der Waals surface area (Å²) >= 11 is 6.24. The van der Waals surface area contributed by atoms with Gasteiger partial charge in [-0.2, -0.15) is 13.2 Å². The van der Waals surface area contributed by atoms with Crippen molar-refractivity contribution in [1.29, 1.82) is 0 Å². The number of sulfonamides is 1. The van der Waals surface area contributed by atoms with Crippen LogP contribution in [0.4, 0.5) is 29.3 Å². The van der Waals surface area contributed by atoms with Crippen LogP contribution in [0.25, 0.3) is 16.6 Å². The smallest absolute Gasteiger partial charge is 0.455 e. The summed E-state index contributed by atoms with van der Waals surface area (Å²) in [6.45, 7) is 13.1. The molecule has 2 aliphatic heterocycles. The van der Waals surface area contributed by atoms with Crippen LogP contribution in [-0.2, 0) is 29.3 Å². The molecule has 16 nitrogen and oxygen atoms in total. The van der Waals surface area contributed by atoms with E-state index >= 15 is 0 Å². The molecule has 2 amide bonds. The molecule has 0 radical (unpaired) electrons. The number of ether oxygens (including phenoxy) is 3. The Labute approximate surface area is 421 Å². The topological polar surface area (TPSA) is 193 Å². The minimum atomic E-state index is -6.17. The van der Waals surface area contributed by atoms with Crippen molar-refractivity contribution in [3.63, 3.8) is 0 Å². The Hall–Kier alpha value is -5.87. The van der Waals surface area contributed by atoms with Gasteiger partial charge in [0.2, 0.25) is 0 Å². The van der Waals surface area contributed by atoms with Gasteiger partial charge in [0, 0.05) is 74.2 Å². The number of carbonyl (C=O) groups excluding carboxylic acids is 2. The number of allylic oxidation sites excluding steroid dienone is 1. The summed E-state index contributed by atoms with van der Waals surface area (Å²) in [5, 5.41) is 4.00. The molecule has 1 unspecified atom stereocenters. The largest absolute Gasteiger partial charge is 0.501 e. The summed E-state index contributed by atoms with van der Waals surface area (Å²) < 4.78 is 116. The molecule has 3 aromatic carbocycles. The molecule has 2 saturated heterocycles. The summed E-state index contributed by atoms with van der Waals surface area (Å²) in [5.41, 5.74) is -2.10. The molecule has 4 heterocycles. The van der Waals surface area contributed by atoms with E-state index in [1.54, 1.807) is 51.2 Å². The van der Waals surface area contributed by atoms with Gasteiger partial charge in [0.1, 0.15) is 27.6 Å². The lowest BCUT2D eigenvalue weighted by molar-refractivity contribution is -0.0436. The Morgan fingerprint density at radius 3 is 2.39 bits per heavy atom. The van der Waals surface area contributed by atoms with E-state index in [-0.39, 0.29) is 48.7 Å². The minimum Gasteiger partial charge on any atom is -0.455 e. The SMILES string of the molecule is CC1(C)CCC(CN2CCN(c3ccc(C(=O)NS(=O)(=O)c4ccc(NCC5CN(C(=O)OC(C)(C)C)CCO5)c(S(=O)(=O)C(F)(F)F)c4)c(Oc4cnc5[nH]ccc5c4)c3)CC2)=C(c2ccc(Cl)cc2)C1. The quantitative estimate of drug-likeness (QED) is 0.101. The van der Waals surface area contributed by atoms with Crippen LogP contribution in [0.1, 0.15) is 69.8 Å². The molecule has 0 saturated carbocycles. The molecule has 1 atom stereocenters. The fourth-order valence-corrected chi connectivity index (χ4v) is 11.1. The van der Waals surface area contributed by atoms with Gasteiger partial charge in [-0.1, -0.05) is 43.2 Å². The Kier molecular flexibility index (Phi) is 15.0. The molecule has 8 rings (SSSR count). The van der Waals surface area contributed by atoms with Crippen LogP contribution in [0.2, 0.25) is 5.02 Å². The Morgan fingerprint density at radius 1 is 0.944 bits per heavy atom. The van der Waals surface area contributed by atoms with E-state index in [0.717, 1.165) is 51.0 Å². The third-order valence-electron chi connectivity index (χ3n) is 12.7. The summed E-state index contributed by atoms with van der Waals surface area (Å²) in [6.07, 6.45) is 4.70. The van der Waals surface area contributed by atoms with Crippen LogP contribution >= 0.6 is 11.6 Å². The maximum atomic E-state index is 14.2. The third kappa shape index (κ3) is 12.3. The van der Waals surface area contributed by atoms with Crippen LogP contribution < -0.4 is 19.7 Å². The Morgan fingerprint density at radius 2 is 1.68 bits per heavy atom. The first-order valence-corrected chi connectivity index (χ1v) is 26.7. The van der Waals surface area contributed by atoms with Gasteiger partial charge in [0.25, 0.3) is 25.8 Å². The second kappa shape index (κ2) is 20.6. The molecule has 72 heavy (non-hydrogen) atoms. The minimum absolute atomic E-state index is 0.0348. The van der Waals surface area contributed by atoms with Crippen molar-refractivity contribution >= 4 is 71.4 Å². The lowest BCUT2D eigenvalue weighted by Crippen LogP contribution is -2.49. The number of H-pyrrole nitrogens is 1. The average molecular weight is 1060 g/mol. The number of nitrogens with zero attached hydrogens (tertiary/aromatic N) is 4. The number of sulfone groups is 1. The van der Waals surface area contributed by atoms with Crippen molar-refractivity contribution in [2.24, 2.45) is 5.41 Å². The van der Waals surface area contributed by atoms with E-state index in [1.165, 1.54) is 33.9 Å². The molecule has 22 heteroatoms. The molecule has 2 aromatic heterocycles. The van der Waals surface area contributed by atoms with Gasteiger partial charge in [-0.3, -0.25) is 9.69 Å². The molecule has 3 N–H and O–H groups in total. The van der Waals surface area contributed by atoms with E-state index in [2.05, 4.69) is 51.1 Å². The number of hydrogen-bond acceptors (Lipinski definition) is 13. The third-order valence-corrected chi connectivity index (χ3v) is 15.8. The maximum absolute atomic E-state index is 14.2. The van der Waals surface area contributed by atoms with Gasteiger partial charge < -0.3 is 34.3 Å². The number of rotatable bonds is 13. The van der Waals surface area contributed by atoms with Gasteiger partial charge in [-0.15, -0.1) is 0 Å². The van der Waals surface area contributed by atoms with Crippen molar-refractivity contribution in [2.45, 2.75) is 80.9 Å². The Balaban J connectivity index is 1.02. The van der Waals surface area contributed by atoms with Crippen molar-refractivity contribution < 1.29 is 53.8 Å². The highest BCUT2D eigenvalue weighted by Crippen LogP contribution is 2.44. The average Bonchev–Trinajstić information content (AvgIpc) is 3.79. The summed E-state index contributed by atoms with van der Waals surface area (Å²) in [6, 6.07) is 18.2. The van der Waals surface area contributed by atoms with Gasteiger partial charge in [0.05, 0.1) is 41.6 Å². The van der Waals surface area contributed by atoms with Crippen LogP contribution in [0.5, 0.6) is 11.5 Å². The zero-order valence-corrected chi connectivity index (χ0v) is 42.8. The number of anilines is 2. The number of nitrogens with one attached hydrogen (secondary N) is 3. The number of hydrogen-bond donors (Lipinski definition) is 3. The number of morpholine rings is 1. The number of aromatic amines is 1. The molecule has 2 fully saturated rings. The number of benzene rings is 3. The number of alkyl halides is 3. The van der Waals surface area contributed by atoms with Gasteiger partial charge >= 0.3 is 11.6 Å². The van der Waals surface area contributed by atoms with E-state index in [1.807, 2.05) is 16.9 Å². The molecule has 3 aliphatic rings. The maximum Gasteiger partial charge on any atom is 0.501 e. The lowest BCUT2D eigenvalue weighted by Gasteiger charge is -2.39. The van der Waals surface area contributed by atoms with Gasteiger partial charge in [0.15, 0.2) is 0 Å². The van der Waals surface area contributed by atoms with Crippen LogP contribution in [0.15, 0.2) is 101 Å². The standard InChI is InChI=1S/C50H57ClF3N7O9S2/c1-48(2,3)70-47(63)61-22-23-68-38(31-61)29-56-42-13-11-39(26-44(42)71(64,65)50(52,53)54)72(66,67)58-46(62)40-12-10-36(25-43(40)69-37-24-33-15-17-55-45(33)57-28-37)60-20-18-59(19-21-60)30-34-14-16-49(4,5)27-41(34)32-6-8-35(51)9-7-32/h6-13,15,17,24-26,28,38,56H,14,16,18-23,27,29-31H2,1-5H3,(H,55,57)(H,58,62). The molecular formula is C50H57ClF3N7O9S2. The number of fused-ring (bicyclic) bond motifs is 1. The molecule has 0 spiro atoms. The second-order valence-corrected chi connectivity index (χ2v) is 23.9. The number of halogens is 4. The highest BCUT2D eigenvalue weighted by atomic mass is 35.5. The number of piperazine rings is 1. The van der Waals surface area contributed by atoms with Gasteiger partial charge in [-0.25, -0.2) is 31.3 Å². The van der Waals surface area contributed by atoms with Crippen LogP contribution in [-0.4, -0.2) is 125 Å². The first-order valence-electron chi connectivity index (χ1n) is 23.4. The molecule has 1 aliphatic carbocycles. The first kappa shape index (κ1) is 52.5. The van der Waals surface area contributed by atoms with E-state index in [9.17, 15) is 39.6 Å². The predicted molar refractivity (Wildman–Crippen MR) is 268 cm³/mol. The van der Waals surface area contributed by atoms with Crippen LogP contribution in [0, 0.1) is 5.41 Å². The number of amides is 2. The monoisotopic (exact) mass is 1060 g/mol. The number of aromatic nitrogens is 2. The Bertz CT molecular complexity index is 3100. The molecule has 0 bridgehead atoms. The number of pyridine rings is 1. The van der Waals surface area contributed by atoms with E-state index in [0.29, 0.717) is 40.9 Å². The zero-order valence-electron chi connectivity index (χ0n) is 40.4. The lowest BCUT2D eigenvalue weighted by atomic mass is 9.72. The van der Waals surface area contributed by atoms with Crippen molar-refractivity contribution in [3.05, 3.63) is 107 Å². The predicted octanol–water partition coefficient (Wildman–Crippen LogP) is 9.25. The van der Waals surface area contributed by atoms with E-state index in [4.69, 9.17) is 25.8 Å². The summed E-state index contributed by atoms with van der Waals surface area (Å²) in [5.74, 6) is -1.02. The summed E-state index contributed by atoms with van der Waals surface area (Å²) in [4.78, 5) is 37.7. The van der Waals surface area contributed by atoms with E-state index < -0.39 is 64.6 Å². The first-order chi connectivity index (χ1) is 33.8. The van der Waals surface area contributed by atoms with Crippen molar-refractivity contribution in [3.8, 4) is 11.5 Å². The molecule has 5 aromatic rings. The zero-order chi connectivity index (χ0) is 51.8. The normalized spacial score (nSPS) is 18.3. The highest BCUT2D eigenvalue weighted by Gasteiger charge is 2.48. The fourth-order valence-electron chi connectivity index (χ4n) is 8.94. The fraction of sp³-hybridized carbons (Fsp3) is 0.420. The second-order valence-electron chi connectivity index (χ2n) is 19.9. The van der Waals surface area contributed by atoms with Gasteiger partial charge in [-0.05, 0) is 111 Å². The highest BCUT2D eigenvalue weighted by molar-refractivity contribution is 7.92. The molecule has 386 valence electrons. The van der Waals surface area contributed by atoms with Crippen LogP contribution in [0.3, 0.4) is 0 Å². The van der Waals surface area contributed by atoms with Crippen molar-refractivity contribution in [2.75, 3.05) is 69.2 Å². The number of carbonyl (C=O) groups is 2. The summed E-state index contributed by atoms with van der Waals surface area (Å²) in [7, 11) is -11.2. The van der Waals surface area contributed by atoms with Crippen molar-refractivity contribution in [1.82, 2.24) is 24.5 Å².